The Bertz CT molecular complexity index is 1340. The van der Waals surface area contributed by atoms with Gasteiger partial charge in [-0.3, -0.25) is 4.79 Å². The molecule has 0 amide bonds. The van der Waals surface area contributed by atoms with Crippen LogP contribution < -0.4 is 0 Å². The summed E-state index contributed by atoms with van der Waals surface area (Å²) in [5.41, 5.74) is 9.32. The third-order valence-corrected chi connectivity index (χ3v) is 6.14. The maximum absolute atomic E-state index is 13.5. The van der Waals surface area contributed by atoms with Crippen molar-refractivity contribution >= 4 is 11.9 Å². The number of hydrogen-bond donors (Lipinski definition) is 0. The number of aryl methyl sites for hydroxylation is 1. The van der Waals surface area contributed by atoms with Crippen molar-refractivity contribution in [3.8, 4) is 22.4 Å². The van der Waals surface area contributed by atoms with E-state index in [0.717, 1.165) is 51.3 Å². The first-order chi connectivity index (χ1) is 15.6. The quantitative estimate of drug-likeness (QED) is 0.319. The Morgan fingerprint density at radius 1 is 0.781 bits per heavy atom. The molecule has 1 aliphatic heterocycles. The Labute approximate surface area is 189 Å². The molecule has 0 N–H and O–H groups in total. The van der Waals surface area contributed by atoms with Crippen LogP contribution in [0.4, 0.5) is 0 Å². The third kappa shape index (κ3) is 3.65. The number of rotatable bonds is 4. The number of benzene rings is 3. The minimum atomic E-state index is 0.0636. The van der Waals surface area contributed by atoms with Gasteiger partial charge in [-0.15, -0.1) is 0 Å². The number of allylic oxidation sites excluding steroid dienone is 3. The largest absolute Gasteiger partial charge is 0.337 e. The van der Waals surface area contributed by atoms with Crippen molar-refractivity contribution in [1.29, 1.82) is 0 Å². The normalized spacial score (nSPS) is 13.1. The van der Waals surface area contributed by atoms with E-state index in [1.54, 1.807) is 0 Å². The average Bonchev–Trinajstić information content (AvgIpc) is 3.11. The van der Waals surface area contributed by atoms with E-state index in [1.165, 1.54) is 5.56 Å². The van der Waals surface area contributed by atoms with E-state index >= 15 is 0 Å². The van der Waals surface area contributed by atoms with Gasteiger partial charge in [0.05, 0.1) is 5.69 Å². The van der Waals surface area contributed by atoms with Crippen LogP contribution in [0, 0.1) is 6.92 Å². The van der Waals surface area contributed by atoms with Crippen LogP contribution in [0.1, 0.15) is 28.5 Å². The lowest BCUT2D eigenvalue weighted by atomic mass is 9.95. The zero-order valence-electron chi connectivity index (χ0n) is 18.4. The van der Waals surface area contributed by atoms with Gasteiger partial charge >= 0.3 is 0 Å². The monoisotopic (exact) mass is 415 g/mol. The molecule has 3 aromatic carbocycles. The molecule has 0 unspecified atom stereocenters. The number of ketones is 1. The zero-order valence-corrected chi connectivity index (χ0v) is 18.4. The molecule has 2 heteroatoms. The number of hydrogen-bond acceptors (Lipinski definition) is 1. The summed E-state index contributed by atoms with van der Waals surface area (Å²) in [6, 6.07) is 30.9. The van der Waals surface area contributed by atoms with Crippen LogP contribution in [-0.4, -0.2) is 10.4 Å². The molecule has 1 aromatic heterocycles. The first-order valence-corrected chi connectivity index (χ1v) is 11.0. The van der Waals surface area contributed by atoms with Gasteiger partial charge < -0.3 is 4.57 Å². The van der Waals surface area contributed by atoms with E-state index in [0.29, 0.717) is 0 Å². The molecular weight excluding hydrogens is 390 g/mol. The molecule has 4 aromatic rings. The maximum atomic E-state index is 13.5. The van der Waals surface area contributed by atoms with Crippen LogP contribution in [0.3, 0.4) is 0 Å². The highest BCUT2D eigenvalue weighted by Gasteiger charge is 2.22. The van der Waals surface area contributed by atoms with Crippen molar-refractivity contribution < 1.29 is 4.79 Å². The van der Waals surface area contributed by atoms with Gasteiger partial charge in [0.25, 0.3) is 0 Å². The third-order valence-electron chi connectivity index (χ3n) is 6.14. The number of Topliss-reactive ketones (excluding diaryl/α,β-unsaturated/α-hetero) is 1. The Hall–Kier alpha value is -3.91. The van der Waals surface area contributed by atoms with E-state index in [-0.39, 0.29) is 5.78 Å². The standard InChI is InChI=1S/C30H25NO/c1-21-13-15-25(16-14-21)30(32)26-19-29-27(23-9-5-3-6-10-23)20-28(24-11-7-4-8-12-24)31(29)18-17-22(26)2/h3-17,19-20H,18H2,1-2H3. The molecular formula is C30H25NO. The van der Waals surface area contributed by atoms with E-state index in [9.17, 15) is 4.79 Å². The smallest absolute Gasteiger partial charge is 0.193 e. The maximum Gasteiger partial charge on any atom is 0.193 e. The van der Waals surface area contributed by atoms with Crippen molar-refractivity contribution in [2.75, 3.05) is 0 Å². The minimum Gasteiger partial charge on any atom is -0.337 e. The van der Waals surface area contributed by atoms with Crippen LogP contribution in [0.5, 0.6) is 0 Å². The molecule has 0 bridgehead atoms. The van der Waals surface area contributed by atoms with Gasteiger partial charge in [0.15, 0.2) is 5.78 Å². The molecule has 0 radical (unpaired) electrons. The highest BCUT2D eigenvalue weighted by molar-refractivity contribution is 6.14. The summed E-state index contributed by atoms with van der Waals surface area (Å²) < 4.78 is 2.32. The van der Waals surface area contributed by atoms with Crippen molar-refractivity contribution in [2.45, 2.75) is 20.4 Å². The predicted molar refractivity (Wildman–Crippen MR) is 133 cm³/mol. The van der Waals surface area contributed by atoms with Gasteiger partial charge in [-0.2, -0.15) is 0 Å². The molecule has 0 atom stereocenters. The molecule has 0 aliphatic carbocycles. The Balaban J connectivity index is 1.72. The molecule has 0 saturated carbocycles. The van der Waals surface area contributed by atoms with Gasteiger partial charge in [0, 0.05) is 28.9 Å². The highest BCUT2D eigenvalue weighted by atomic mass is 16.1. The van der Waals surface area contributed by atoms with Crippen LogP contribution in [0.2, 0.25) is 0 Å². The SMILES string of the molecule is CC1=CCn2c(-c3ccccc3)cc(-c3ccccc3)c2C=C1C(=O)c1ccc(C)cc1. The van der Waals surface area contributed by atoms with Gasteiger partial charge in [-0.05, 0) is 42.7 Å². The molecule has 0 saturated heterocycles. The molecule has 0 spiro atoms. The summed E-state index contributed by atoms with van der Waals surface area (Å²) in [4.78, 5) is 13.5. The van der Waals surface area contributed by atoms with Crippen LogP contribution in [-0.2, 0) is 6.54 Å². The van der Waals surface area contributed by atoms with E-state index in [4.69, 9.17) is 0 Å². The Kier molecular flexibility index (Phi) is 5.20. The second-order valence-corrected chi connectivity index (χ2v) is 8.31. The summed E-state index contributed by atoms with van der Waals surface area (Å²) in [5, 5.41) is 0. The van der Waals surface area contributed by atoms with Crippen molar-refractivity contribution in [3.63, 3.8) is 0 Å². The molecule has 2 nitrogen and oxygen atoms in total. The zero-order chi connectivity index (χ0) is 22.1. The summed E-state index contributed by atoms with van der Waals surface area (Å²) in [6.07, 6.45) is 4.24. The van der Waals surface area contributed by atoms with Crippen LogP contribution in [0.15, 0.2) is 108 Å². The van der Waals surface area contributed by atoms with Gasteiger partial charge in [-0.25, -0.2) is 0 Å². The topological polar surface area (TPSA) is 22.0 Å². The van der Waals surface area contributed by atoms with Crippen molar-refractivity contribution in [1.82, 2.24) is 4.57 Å². The first-order valence-electron chi connectivity index (χ1n) is 11.0. The average molecular weight is 416 g/mol. The van der Waals surface area contributed by atoms with E-state index in [1.807, 2.05) is 50.2 Å². The second-order valence-electron chi connectivity index (χ2n) is 8.31. The number of nitrogens with zero attached hydrogens (tertiary/aromatic N) is 1. The number of carbonyl (C=O) groups excluding carboxylic acids is 1. The molecule has 0 fully saturated rings. The van der Waals surface area contributed by atoms with Crippen LogP contribution in [0.25, 0.3) is 28.5 Å². The summed E-state index contributed by atoms with van der Waals surface area (Å²) >= 11 is 0. The number of fused-ring (bicyclic) bond motifs is 1. The lowest BCUT2D eigenvalue weighted by Crippen LogP contribution is -2.04. The molecule has 32 heavy (non-hydrogen) atoms. The Morgan fingerprint density at radius 2 is 1.41 bits per heavy atom. The van der Waals surface area contributed by atoms with Gasteiger partial charge in [-0.1, -0.05) is 96.6 Å². The van der Waals surface area contributed by atoms with Crippen molar-refractivity contribution in [3.05, 3.63) is 125 Å². The lowest BCUT2D eigenvalue weighted by Gasteiger charge is -2.10. The van der Waals surface area contributed by atoms with Gasteiger partial charge in [0.2, 0.25) is 0 Å². The predicted octanol–water partition coefficient (Wildman–Crippen LogP) is 7.36. The van der Waals surface area contributed by atoms with Crippen LogP contribution >= 0.6 is 0 Å². The lowest BCUT2D eigenvalue weighted by molar-refractivity contribution is 0.103. The fourth-order valence-corrected chi connectivity index (χ4v) is 4.31. The fraction of sp³-hybridized carbons (Fsp3) is 0.100. The van der Waals surface area contributed by atoms with Gasteiger partial charge in [0.1, 0.15) is 0 Å². The summed E-state index contributed by atoms with van der Waals surface area (Å²) in [5.74, 6) is 0.0636. The number of aromatic nitrogens is 1. The fourth-order valence-electron chi connectivity index (χ4n) is 4.31. The summed E-state index contributed by atoms with van der Waals surface area (Å²) in [6.45, 7) is 4.79. The second kappa shape index (κ2) is 8.32. The van der Waals surface area contributed by atoms with E-state index in [2.05, 4.69) is 71.3 Å². The molecule has 1 aliphatic rings. The molecule has 5 rings (SSSR count). The molecule has 156 valence electrons. The van der Waals surface area contributed by atoms with Crippen molar-refractivity contribution in [2.24, 2.45) is 0 Å². The highest BCUT2D eigenvalue weighted by Crippen LogP contribution is 2.37. The molecule has 2 heterocycles. The first kappa shape index (κ1) is 20.0. The minimum absolute atomic E-state index is 0.0636. The Morgan fingerprint density at radius 3 is 2.06 bits per heavy atom. The summed E-state index contributed by atoms with van der Waals surface area (Å²) in [7, 11) is 0. The number of carbonyl (C=O) groups is 1. The van der Waals surface area contributed by atoms with E-state index < -0.39 is 0 Å².